The van der Waals surface area contributed by atoms with E-state index in [4.69, 9.17) is 11.6 Å². The largest absolute Gasteiger partial charge is 0.378 e. The number of anilines is 1. The van der Waals surface area contributed by atoms with Gasteiger partial charge in [-0.3, -0.25) is 9.78 Å². The molecule has 0 aliphatic rings. The molecule has 0 unspecified atom stereocenters. The molecule has 2 N–H and O–H groups in total. The Labute approximate surface area is 183 Å². The number of rotatable bonds is 7. The molecule has 10 heteroatoms. The highest BCUT2D eigenvalue weighted by molar-refractivity contribution is 6.31. The molecule has 0 aliphatic carbocycles. The number of benzene rings is 1. The van der Waals surface area contributed by atoms with E-state index in [0.717, 1.165) is 17.1 Å². The Morgan fingerprint density at radius 2 is 1.97 bits per heavy atom. The standard InChI is InChI=1S/C21H19ClN8O/c1-30-19(28-29-20(30)18-6-8-24-13-27-18)12-25-16-4-2-3-14(9-16)21(31)26-10-15-5-7-23-11-17(15)22/h2-9,11,13,25H,10,12H2,1H3,(H,26,31). The molecule has 4 rings (SSSR count). The van der Waals surface area contributed by atoms with Crippen molar-refractivity contribution in [2.45, 2.75) is 13.1 Å². The first kappa shape index (κ1) is 20.4. The van der Waals surface area contributed by atoms with Gasteiger partial charge in [0.05, 0.1) is 11.6 Å². The fraction of sp³-hybridized carbons (Fsp3) is 0.143. The lowest BCUT2D eigenvalue weighted by atomic mass is 10.1. The van der Waals surface area contributed by atoms with Crippen molar-refractivity contribution >= 4 is 23.2 Å². The minimum Gasteiger partial charge on any atom is -0.378 e. The van der Waals surface area contributed by atoms with Gasteiger partial charge in [0.1, 0.15) is 12.0 Å². The fourth-order valence-corrected chi connectivity index (χ4v) is 3.12. The van der Waals surface area contributed by atoms with Crippen molar-refractivity contribution in [2.24, 2.45) is 7.05 Å². The number of carbonyl (C=O) groups excluding carboxylic acids is 1. The average molecular weight is 435 g/mol. The number of nitrogens with zero attached hydrogens (tertiary/aromatic N) is 6. The first-order chi connectivity index (χ1) is 15.1. The minimum absolute atomic E-state index is 0.193. The Hall–Kier alpha value is -3.85. The highest BCUT2D eigenvalue weighted by atomic mass is 35.5. The van der Waals surface area contributed by atoms with Crippen LogP contribution in [-0.4, -0.2) is 35.6 Å². The third-order valence-electron chi connectivity index (χ3n) is 4.65. The van der Waals surface area contributed by atoms with Crippen LogP contribution in [0.3, 0.4) is 0 Å². The lowest BCUT2D eigenvalue weighted by molar-refractivity contribution is 0.0951. The van der Waals surface area contributed by atoms with Crippen molar-refractivity contribution in [3.63, 3.8) is 0 Å². The predicted molar refractivity (Wildman–Crippen MR) is 116 cm³/mol. The first-order valence-corrected chi connectivity index (χ1v) is 9.85. The molecule has 0 bridgehead atoms. The lowest BCUT2D eigenvalue weighted by Gasteiger charge is -2.10. The van der Waals surface area contributed by atoms with Gasteiger partial charge >= 0.3 is 0 Å². The topological polar surface area (TPSA) is 111 Å². The summed E-state index contributed by atoms with van der Waals surface area (Å²) < 4.78 is 1.87. The van der Waals surface area contributed by atoms with E-state index in [1.165, 1.54) is 6.33 Å². The van der Waals surface area contributed by atoms with Gasteiger partial charge in [-0.2, -0.15) is 0 Å². The molecule has 156 valence electrons. The zero-order valence-electron chi connectivity index (χ0n) is 16.7. The van der Waals surface area contributed by atoms with E-state index in [0.29, 0.717) is 35.2 Å². The normalized spacial score (nSPS) is 10.6. The number of hydrogen-bond donors (Lipinski definition) is 2. The van der Waals surface area contributed by atoms with Crippen molar-refractivity contribution in [2.75, 3.05) is 5.32 Å². The van der Waals surface area contributed by atoms with E-state index in [1.807, 2.05) is 23.7 Å². The smallest absolute Gasteiger partial charge is 0.251 e. The van der Waals surface area contributed by atoms with Crippen LogP contribution in [0.15, 0.2) is 61.3 Å². The van der Waals surface area contributed by atoms with Gasteiger partial charge in [-0.05, 0) is 35.9 Å². The second-order valence-corrected chi connectivity index (χ2v) is 7.08. The third-order valence-corrected chi connectivity index (χ3v) is 4.99. The number of nitrogens with one attached hydrogen (secondary N) is 2. The monoisotopic (exact) mass is 434 g/mol. The van der Waals surface area contributed by atoms with Crippen molar-refractivity contribution in [3.05, 3.63) is 83.3 Å². The quantitative estimate of drug-likeness (QED) is 0.460. The highest BCUT2D eigenvalue weighted by Gasteiger charge is 2.12. The van der Waals surface area contributed by atoms with Crippen LogP contribution in [0.25, 0.3) is 11.5 Å². The fourth-order valence-electron chi connectivity index (χ4n) is 2.94. The molecule has 0 fully saturated rings. The molecule has 0 spiro atoms. The van der Waals surface area contributed by atoms with Crippen molar-refractivity contribution < 1.29 is 4.79 Å². The number of amides is 1. The third kappa shape index (κ3) is 4.84. The summed E-state index contributed by atoms with van der Waals surface area (Å²) in [7, 11) is 1.88. The maximum Gasteiger partial charge on any atom is 0.251 e. The number of halogens is 1. The van der Waals surface area contributed by atoms with Gasteiger partial charge in [-0.25, -0.2) is 9.97 Å². The Bertz CT molecular complexity index is 1190. The number of hydrogen-bond acceptors (Lipinski definition) is 7. The molecular formula is C21H19ClN8O. The Morgan fingerprint density at radius 1 is 1.10 bits per heavy atom. The van der Waals surface area contributed by atoms with E-state index in [2.05, 4.69) is 35.8 Å². The van der Waals surface area contributed by atoms with Crippen LogP contribution in [0, 0.1) is 0 Å². The summed E-state index contributed by atoms with van der Waals surface area (Å²) in [5.74, 6) is 1.19. The van der Waals surface area contributed by atoms with E-state index in [-0.39, 0.29) is 5.91 Å². The van der Waals surface area contributed by atoms with Crippen molar-refractivity contribution in [3.8, 4) is 11.5 Å². The second-order valence-electron chi connectivity index (χ2n) is 6.68. The van der Waals surface area contributed by atoms with Gasteiger partial charge in [0.15, 0.2) is 11.6 Å². The average Bonchev–Trinajstić information content (AvgIpc) is 3.18. The molecule has 0 saturated carbocycles. The molecule has 1 amide bonds. The molecule has 3 aromatic heterocycles. The van der Waals surface area contributed by atoms with Crippen LogP contribution in [0.1, 0.15) is 21.7 Å². The molecular weight excluding hydrogens is 416 g/mol. The van der Waals surface area contributed by atoms with Crippen LogP contribution in [0.2, 0.25) is 5.02 Å². The van der Waals surface area contributed by atoms with Crippen LogP contribution >= 0.6 is 11.6 Å². The number of carbonyl (C=O) groups is 1. The summed E-state index contributed by atoms with van der Waals surface area (Å²) >= 11 is 6.09. The minimum atomic E-state index is -0.193. The summed E-state index contributed by atoms with van der Waals surface area (Å²) in [6.07, 6.45) is 6.33. The van der Waals surface area contributed by atoms with Crippen molar-refractivity contribution in [1.82, 2.24) is 35.0 Å². The molecule has 0 atom stereocenters. The maximum atomic E-state index is 12.5. The molecule has 31 heavy (non-hydrogen) atoms. The summed E-state index contributed by atoms with van der Waals surface area (Å²) in [4.78, 5) is 24.6. The molecule has 0 saturated heterocycles. The van der Waals surface area contributed by atoms with Crippen LogP contribution in [0.4, 0.5) is 5.69 Å². The molecule has 0 aliphatic heterocycles. The van der Waals surface area contributed by atoms with Crippen molar-refractivity contribution in [1.29, 1.82) is 0 Å². The van der Waals surface area contributed by atoms with E-state index in [9.17, 15) is 4.79 Å². The summed E-state index contributed by atoms with van der Waals surface area (Å²) in [5.41, 5.74) is 2.83. The van der Waals surface area contributed by atoms with Crippen LogP contribution in [-0.2, 0) is 20.1 Å². The Morgan fingerprint density at radius 3 is 2.77 bits per heavy atom. The van der Waals surface area contributed by atoms with Gasteiger partial charge < -0.3 is 15.2 Å². The summed E-state index contributed by atoms with van der Waals surface area (Å²) in [5, 5.41) is 15.1. The highest BCUT2D eigenvalue weighted by Crippen LogP contribution is 2.16. The Kier molecular flexibility index (Phi) is 6.13. The van der Waals surface area contributed by atoms with E-state index >= 15 is 0 Å². The number of pyridine rings is 1. The lowest BCUT2D eigenvalue weighted by Crippen LogP contribution is -2.23. The van der Waals surface area contributed by atoms with Crippen LogP contribution in [0.5, 0.6) is 0 Å². The maximum absolute atomic E-state index is 12.5. The summed E-state index contributed by atoms with van der Waals surface area (Å²) in [6, 6.07) is 10.8. The van der Waals surface area contributed by atoms with Crippen LogP contribution < -0.4 is 10.6 Å². The zero-order valence-corrected chi connectivity index (χ0v) is 17.4. The molecule has 1 aromatic carbocycles. The predicted octanol–water partition coefficient (Wildman–Crippen LogP) is 2.86. The van der Waals surface area contributed by atoms with Gasteiger partial charge in [0.2, 0.25) is 0 Å². The molecule has 3 heterocycles. The van der Waals surface area contributed by atoms with Gasteiger partial charge in [-0.15, -0.1) is 10.2 Å². The van der Waals surface area contributed by atoms with E-state index in [1.54, 1.807) is 42.9 Å². The van der Waals surface area contributed by atoms with Gasteiger partial charge in [0.25, 0.3) is 5.91 Å². The SMILES string of the molecule is Cn1c(CNc2cccc(C(=O)NCc3ccncc3Cl)c2)nnc1-c1ccncn1. The van der Waals surface area contributed by atoms with Gasteiger partial charge in [0, 0.05) is 43.4 Å². The molecule has 9 nitrogen and oxygen atoms in total. The van der Waals surface area contributed by atoms with Gasteiger partial charge in [-0.1, -0.05) is 17.7 Å². The van der Waals surface area contributed by atoms with E-state index < -0.39 is 0 Å². The zero-order chi connectivity index (χ0) is 21.6. The molecule has 4 aromatic rings. The first-order valence-electron chi connectivity index (χ1n) is 9.47. The molecule has 0 radical (unpaired) electrons. The number of aromatic nitrogens is 6. The Balaban J connectivity index is 1.39. The second kappa shape index (κ2) is 9.31. The summed E-state index contributed by atoms with van der Waals surface area (Å²) in [6.45, 7) is 0.759.